The Bertz CT molecular complexity index is 696. The molecule has 2 aromatic rings. The molecule has 114 valence electrons. The summed E-state index contributed by atoms with van der Waals surface area (Å²) < 4.78 is 0. The summed E-state index contributed by atoms with van der Waals surface area (Å²) in [4.78, 5) is 11.9. The second-order valence-electron chi connectivity index (χ2n) is 4.96. The number of rotatable bonds is 2. The number of hydrogen-bond acceptors (Lipinski definition) is 3. The predicted octanol–water partition coefficient (Wildman–Crippen LogP) is 2.64. The maximum absolute atomic E-state index is 11.9. The molecule has 0 saturated heterocycles. The van der Waals surface area contributed by atoms with Gasteiger partial charge in [-0.1, -0.05) is 12.1 Å². The molecule has 1 amide bonds. The molecule has 0 unspecified atom stereocenters. The SMILES string of the molecule is Cc1cc(C)cc(NC(=S)NNC(=O)c2cccc(O)c2)c1. The summed E-state index contributed by atoms with van der Waals surface area (Å²) in [5, 5.41) is 12.6. The number of thiocarbonyl (C=S) groups is 1. The van der Waals surface area contributed by atoms with Gasteiger partial charge in [0.1, 0.15) is 5.75 Å². The Kier molecular flexibility index (Phi) is 4.95. The van der Waals surface area contributed by atoms with Gasteiger partial charge >= 0.3 is 0 Å². The van der Waals surface area contributed by atoms with E-state index in [1.54, 1.807) is 12.1 Å². The minimum Gasteiger partial charge on any atom is -0.508 e. The van der Waals surface area contributed by atoms with Gasteiger partial charge in [-0.25, -0.2) is 0 Å². The summed E-state index contributed by atoms with van der Waals surface area (Å²) in [6.07, 6.45) is 0. The number of aromatic hydroxyl groups is 1. The van der Waals surface area contributed by atoms with E-state index in [0.717, 1.165) is 16.8 Å². The molecule has 0 fully saturated rings. The number of phenolic OH excluding ortho intramolecular Hbond substituents is 1. The van der Waals surface area contributed by atoms with Crippen molar-refractivity contribution in [1.29, 1.82) is 0 Å². The van der Waals surface area contributed by atoms with Gasteiger partial charge in [0, 0.05) is 11.3 Å². The van der Waals surface area contributed by atoms with Crippen molar-refractivity contribution in [2.75, 3.05) is 5.32 Å². The Morgan fingerprint density at radius 2 is 1.73 bits per heavy atom. The number of aryl methyl sites for hydroxylation is 2. The molecule has 4 N–H and O–H groups in total. The van der Waals surface area contributed by atoms with Crippen LogP contribution in [0.2, 0.25) is 0 Å². The number of benzene rings is 2. The molecule has 22 heavy (non-hydrogen) atoms. The molecule has 0 aliphatic rings. The average Bonchev–Trinajstić information content (AvgIpc) is 2.43. The normalized spacial score (nSPS) is 9.91. The zero-order valence-corrected chi connectivity index (χ0v) is 13.1. The van der Waals surface area contributed by atoms with Crippen LogP contribution >= 0.6 is 12.2 Å². The van der Waals surface area contributed by atoms with Gasteiger partial charge in [0.15, 0.2) is 5.11 Å². The zero-order valence-electron chi connectivity index (χ0n) is 12.3. The van der Waals surface area contributed by atoms with E-state index >= 15 is 0 Å². The number of carbonyl (C=O) groups excluding carboxylic acids is 1. The van der Waals surface area contributed by atoms with Gasteiger partial charge in [-0.05, 0) is 67.5 Å². The number of hydrogen-bond donors (Lipinski definition) is 4. The molecule has 0 heterocycles. The third kappa shape index (κ3) is 4.46. The summed E-state index contributed by atoms with van der Waals surface area (Å²) in [5.41, 5.74) is 8.52. The van der Waals surface area contributed by atoms with Gasteiger partial charge in [0.25, 0.3) is 5.91 Å². The van der Waals surface area contributed by atoms with E-state index in [1.807, 2.05) is 26.0 Å². The summed E-state index contributed by atoms with van der Waals surface area (Å²) in [5.74, 6) is -0.357. The number of nitrogens with one attached hydrogen (secondary N) is 3. The molecular formula is C16H17N3O2S. The molecule has 0 spiro atoms. The van der Waals surface area contributed by atoms with Crippen LogP contribution in [-0.2, 0) is 0 Å². The van der Waals surface area contributed by atoms with Gasteiger partial charge < -0.3 is 10.4 Å². The van der Waals surface area contributed by atoms with Gasteiger partial charge in [0.05, 0.1) is 0 Å². The van der Waals surface area contributed by atoms with Crippen LogP contribution in [0.3, 0.4) is 0 Å². The van der Waals surface area contributed by atoms with Crippen molar-refractivity contribution >= 4 is 28.9 Å². The minimum atomic E-state index is -0.388. The third-order valence-electron chi connectivity index (χ3n) is 2.88. The lowest BCUT2D eigenvalue weighted by Gasteiger charge is -2.12. The van der Waals surface area contributed by atoms with Crippen LogP contribution in [0.25, 0.3) is 0 Å². The lowest BCUT2D eigenvalue weighted by molar-refractivity contribution is 0.0944. The van der Waals surface area contributed by atoms with E-state index in [1.165, 1.54) is 12.1 Å². The number of phenols is 1. The highest BCUT2D eigenvalue weighted by molar-refractivity contribution is 7.80. The van der Waals surface area contributed by atoms with Gasteiger partial charge in [-0.15, -0.1) is 0 Å². The summed E-state index contributed by atoms with van der Waals surface area (Å²) in [6, 6.07) is 12.0. The second kappa shape index (κ2) is 6.91. The highest BCUT2D eigenvalue weighted by Crippen LogP contribution is 2.13. The van der Waals surface area contributed by atoms with Crippen molar-refractivity contribution in [3.05, 3.63) is 59.2 Å². The van der Waals surface area contributed by atoms with Crippen molar-refractivity contribution in [3.8, 4) is 5.75 Å². The van der Waals surface area contributed by atoms with E-state index in [0.29, 0.717) is 5.56 Å². The van der Waals surface area contributed by atoms with Crippen LogP contribution in [0.4, 0.5) is 5.69 Å². The highest BCUT2D eigenvalue weighted by Gasteiger charge is 2.06. The Balaban J connectivity index is 1.91. The lowest BCUT2D eigenvalue weighted by atomic mass is 10.1. The quantitative estimate of drug-likeness (QED) is 0.506. The number of amides is 1. The maximum atomic E-state index is 11.9. The Morgan fingerprint density at radius 1 is 1.05 bits per heavy atom. The van der Waals surface area contributed by atoms with Crippen molar-refractivity contribution in [3.63, 3.8) is 0 Å². The fraction of sp³-hybridized carbons (Fsp3) is 0.125. The Hall–Kier alpha value is -2.60. The average molecular weight is 315 g/mol. The van der Waals surface area contributed by atoms with Crippen molar-refractivity contribution < 1.29 is 9.90 Å². The molecule has 2 rings (SSSR count). The molecule has 0 bridgehead atoms. The fourth-order valence-corrected chi connectivity index (χ4v) is 2.21. The highest BCUT2D eigenvalue weighted by atomic mass is 32.1. The Labute approximate surface area is 134 Å². The number of carbonyl (C=O) groups is 1. The van der Waals surface area contributed by atoms with Gasteiger partial charge in [0.2, 0.25) is 0 Å². The molecule has 0 aromatic heterocycles. The van der Waals surface area contributed by atoms with Gasteiger partial charge in [-0.2, -0.15) is 0 Å². The molecule has 5 nitrogen and oxygen atoms in total. The van der Waals surface area contributed by atoms with Crippen LogP contribution in [-0.4, -0.2) is 16.1 Å². The van der Waals surface area contributed by atoms with Crippen LogP contribution < -0.4 is 16.2 Å². The molecule has 0 atom stereocenters. The Morgan fingerprint density at radius 3 is 2.36 bits per heavy atom. The standard InChI is InChI=1S/C16H17N3O2S/c1-10-6-11(2)8-13(7-10)17-16(22)19-18-15(21)12-4-3-5-14(20)9-12/h3-9,20H,1-2H3,(H,18,21)(H2,17,19,22). The smallest absolute Gasteiger partial charge is 0.269 e. The van der Waals surface area contributed by atoms with Crippen LogP contribution in [0.15, 0.2) is 42.5 Å². The number of anilines is 1. The lowest BCUT2D eigenvalue weighted by Crippen LogP contribution is -2.43. The van der Waals surface area contributed by atoms with E-state index < -0.39 is 0 Å². The number of hydrazine groups is 1. The first-order chi connectivity index (χ1) is 10.4. The maximum Gasteiger partial charge on any atom is 0.269 e. The first kappa shape index (κ1) is 15.8. The van der Waals surface area contributed by atoms with Gasteiger partial charge in [-0.3, -0.25) is 15.6 Å². The third-order valence-corrected chi connectivity index (χ3v) is 3.08. The molecule has 2 aromatic carbocycles. The summed E-state index contributed by atoms with van der Waals surface area (Å²) >= 11 is 5.13. The van der Waals surface area contributed by atoms with Crippen LogP contribution in [0.1, 0.15) is 21.5 Å². The van der Waals surface area contributed by atoms with E-state index in [2.05, 4.69) is 22.2 Å². The molecule has 0 aliphatic heterocycles. The zero-order chi connectivity index (χ0) is 16.1. The van der Waals surface area contributed by atoms with Crippen LogP contribution in [0.5, 0.6) is 5.75 Å². The fourth-order valence-electron chi connectivity index (χ4n) is 2.04. The van der Waals surface area contributed by atoms with Crippen molar-refractivity contribution in [2.24, 2.45) is 0 Å². The topological polar surface area (TPSA) is 73.4 Å². The molecular weight excluding hydrogens is 298 g/mol. The van der Waals surface area contributed by atoms with E-state index in [9.17, 15) is 9.90 Å². The molecule has 6 heteroatoms. The largest absolute Gasteiger partial charge is 0.508 e. The molecule has 0 saturated carbocycles. The van der Waals surface area contributed by atoms with Crippen LogP contribution in [0, 0.1) is 13.8 Å². The van der Waals surface area contributed by atoms with E-state index in [4.69, 9.17) is 12.2 Å². The van der Waals surface area contributed by atoms with E-state index in [-0.39, 0.29) is 16.8 Å². The van der Waals surface area contributed by atoms with Crippen molar-refractivity contribution in [2.45, 2.75) is 13.8 Å². The first-order valence-electron chi connectivity index (χ1n) is 6.69. The second-order valence-corrected chi connectivity index (χ2v) is 5.37. The molecule has 0 aliphatic carbocycles. The minimum absolute atomic E-state index is 0.0311. The van der Waals surface area contributed by atoms with Crippen molar-refractivity contribution in [1.82, 2.24) is 10.9 Å². The molecule has 0 radical (unpaired) electrons. The summed E-state index contributed by atoms with van der Waals surface area (Å²) in [7, 11) is 0. The first-order valence-corrected chi connectivity index (χ1v) is 7.09. The monoisotopic (exact) mass is 315 g/mol. The summed E-state index contributed by atoms with van der Waals surface area (Å²) in [6.45, 7) is 4.00. The predicted molar refractivity (Wildman–Crippen MR) is 90.8 cm³/mol.